The third-order valence-electron chi connectivity index (χ3n) is 3.14. The molecule has 0 spiro atoms. The number of rotatable bonds is 5. The highest BCUT2D eigenvalue weighted by Crippen LogP contribution is 2.24. The van der Waals surface area contributed by atoms with Crippen molar-refractivity contribution < 1.29 is 14.7 Å². The predicted molar refractivity (Wildman–Crippen MR) is 60.1 cm³/mol. The van der Waals surface area contributed by atoms with Gasteiger partial charge in [0.2, 0.25) is 5.91 Å². The molecular formula is C11H20N2O3. The van der Waals surface area contributed by atoms with E-state index in [0.717, 1.165) is 25.7 Å². The minimum absolute atomic E-state index is 0.0340. The summed E-state index contributed by atoms with van der Waals surface area (Å²) in [6.45, 7) is 0.669. The highest BCUT2D eigenvalue weighted by molar-refractivity contribution is 5.75. The summed E-state index contributed by atoms with van der Waals surface area (Å²) in [7, 11) is 1.63. The molecule has 3 N–H and O–H groups in total. The zero-order chi connectivity index (χ0) is 12.0. The van der Waals surface area contributed by atoms with Gasteiger partial charge in [0, 0.05) is 26.1 Å². The Bertz CT molecular complexity index is 248. The summed E-state index contributed by atoms with van der Waals surface area (Å²) in [5.41, 5.74) is 0. The van der Waals surface area contributed by atoms with Crippen LogP contribution in [0.5, 0.6) is 0 Å². The van der Waals surface area contributed by atoms with Crippen LogP contribution in [0.15, 0.2) is 0 Å². The molecule has 0 heterocycles. The highest BCUT2D eigenvalue weighted by atomic mass is 16.4. The molecule has 92 valence electrons. The molecule has 0 unspecified atom stereocenters. The van der Waals surface area contributed by atoms with Crippen molar-refractivity contribution in [2.24, 2.45) is 5.92 Å². The van der Waals surface area contributed by atoms with Crippen molar-refractivity contribution in [3.8, 4) is 0 Å². The highest BCUT2D eigenvalue weighted by Gasteiger charge is 2.25. The Kier molecular flexibility index (Phi) is 5.25. The maximum atomic E-state index is 11.0. The quantitative estimate of drug-likeness (QED) is 0.634. The molecule has 0 aromatic heterocycles. The Morgan fingerprint density at radius 1 is 1.25 bits per heavy atom. The second-order valence-electron chi connectivity index (χ2n) is 4.26. The minimum Gasteiger partial charge on any atom is -0.481 e. The first-order valence-corrected chi connectivity index (χ1v) is 5.80. The van der Waals surface area contributed by atoms with Gasteiger partial charge in [-0.25, -0.2) is 0 Å². The zero-order valence-electron chi connectivity index (χ0n) is 9.66. The summed E-state index contributed by atoms with van der Waals surface area (Å²) < 4.78 is 0. The molecule has 5 nitrogen and oxygen atoms in total. The molecule has 0 atom stereocenters. The zero-order valence-corrected chi connectivity index (χ0v) is 9.66. The van der Waals surface area contributed by atoms with Crippen LogP contribution in [0.2, 0.25) is 0 Å². The lowest BCUT2D eigenvalue weighted by atomic mass is 9.86. The number of carbonyl (C=O) groups is 2. The van der Waals surface area contributed by atoms with Crippen molar-refractivity contribution in [2.45, 2.75) is 38.1 Å². The molecule has 0 bridgehead atoms. The van der Waals surface area contributed by atoms with Gasteiger partial charge < -0.3 is 15.7 Å². The van der Waals surface area contributed by atoms with Crippen LogP contribution in [0.4, 0.5) is 0 Å². The van der Waals surface area contributed by atoms with E-state index in [0.29, 0.717) is 19.0 Å². The molecule has 16 heavy (non-hydrogen) atoms. The third kappa shape index (κ3) is 4.18. The summed E-state index contributed by atoms with van der Waals surface area (Å²) in [5.74, 6) is -0.812. The normalized spacial score (nSPS) is 25.1. The van der Waals surface area contributed by atoms with Gasteiger partial charge in [0.1, 0.15) is 0 Å². The number of aliphatic carboxylic acids is 1. The Morgan fingerprint density at radius 2 is 1.88 bits per heavy atom. The monoisotopic (exact) mass is 228 g/mol. The molecule has 1 amide bonds. The van der Waals surface area contributed by atoms with Crippen LogP contribution in [0.1, 0.15) is 32.1 Å². The first kappa shape index (κ1) is 13.0. The number of carbonyl (C=O) groups excluding carboxylic acids is 1. The summed E-state index contributed by atoms with van der Waals surface area (Å²) in [6, 6.07) is 0.375. The van der Waals surface area contributed by atoms with E-state index in [9.17, 15) is 9.59 Å². The van der Waals surface area contributed by atoms with Gasteiger partial charge in [-0.1, -0.05) is 0 Å². The average Bonchev–Trinajstić information content (AvgIpc) is 2.29. The smallest absolute Gasteiger partial charge is 0.306 e. The van der Waals surface area contributed by atoms with Crippen molar-refractivity contribution in [1.82, 2.24) is 10.6 Å². The van der Waals surface area contributed by atoms with Crippen LogP contribution in [-0.2, 0) is 9.59 Å². The molecule has 0 aromatic carbocycles. The van der Waals surface area contributed by atoms with E-state index >= 15 is 0 Å². The lowest BCUT2D eigenvalue weighted by molar-refractivity contribution is -0.142. The fourth-order valence-corrected chi connectivity index (χ4v) is 2.06. The SMILES string of the molecule is CNC(=O)CCNC1CCC(C(=O)O)CC1. The van der Waals surface area contributed by atoms with Gasteiger partial charge in [0.05, 0.1) is 5.92 Å². The number of carboxylic acids is 1. The van der Waals surface area contributed by atoms with Crippen LogP contribution in [0.3, 0.4) is 0 Å². The van der Waals surface area contributed by atoms with E-state index in [-0.39, 0.29) is 11.8 Å². The lowest BCUT2D eigenvalue weighted by Gasteiger charge is -2.26. The molecule has 0 saturated heterocycles. The molecule has 5 heteroatoms. The molecule has 1 fully saturated rings. The van der Waals surface area contributed by atoms with Gasteiger partial charge in [-0.2, -0.15) is 0 Å². The first-order valence-electron chi connectivity index (χ1n) is 5.80. The number of nitrogens with one attached hydrogen (secondary N) is 2. The van der Waals surface area contributed by atoms with Gasteiger partial charge in [-0.05, 0) is 25.7 Å². The third-order valence-corrected chi connectivity index (χ3v) is 3.14. The summed E-state index contributed by atoms with van der Waals surface area (Å²) in [6.07, 6.45) is 3.75. The maximum Gasteiger partial charge on any atom is 0.306 e. The number of hydrogen-bond donors (Lipinski definition) is 3. The van der Waals surface area contributed by atoms with E-state index in [2.05, 4.69) is 10.6 Å². The molecule has 1 aliphatic rings. The maximum absolute atomic E-state index is 11.0. The largest absolute Gasteiger partial charge is 0.481 e. The Morgan fingerprint density at radius 3 is 2.38 bits per heavy atom. The Hall–Kier alpha value is -1.10. The standard InChI is InChI=1S/C11H20N2O3/c1-12-10(14)6-7-13-9-4-2-8(3-5-9)11(15)16/h8-9,13H,2-7H2,1H3,(H,12,14)(H,15,16). The molecule has 0 radical (unpaired) electrons. The molecule has 1 rings (SSSR count). The number of amides is 1. The first-order chi connectivity index (χ1) is 7.63. The Labute approximate surface area is 95.6 Å². The minimum atomic E-state index is -0.677. The van der Waals surface area contributed by atoms with Crippen LogP contribution in [0.25, 0.3) is 0 Å². The summed E-state index contributed by atoms with van der Waals surface area (Å²) in [5, 5.41) is 14.7. The van der Waals surface area contributed by atoms with Crippen LogP contribution >= 0.6 is 0 Å². The molecule has 1 aliphatic carbocycles. The second-order valence-corrected chi connectivity index (χ2v) is 4.26. The summed E-state index contributed by atoms with van der Waals surface area (Å²) >= 11 is 0. The number of carboxylic acid groups (broad SMARTS) is 1. The van der Waals surface area contributed by atoms with Gasteiger partial charge in [-0.3, -0.25) is 9.59 Å². The van der Waals surface area contributed by atoms with E-state index < -0.39 is 5.97 Å². The van der Waals surface area contributed by atoms with Crippen molar-refractivity contribution in [3.05, 3.63) is 0 Å². The van der Waals surface area contributed by atoms with E-state index in [1.807, 2.05) is 0 Å². The van der Waals surface area contributed by atoms with Crippen molar-refractivity contribution in [1.29, 1.82) is 0 Å². The lowest BCUT2D eigenvalue weighted by Crippen LogP contribution is -2.36. The van der Waals surface area contributed by atoms with E-state index in [1.54, 1.807) is 7.05 Å². The van der Waals surface area contributed by atoms with Gasteiger partial charge in [-0.15, -0.1) is 0 Å². The van der Waals surface area contributed by atoms with Crippen molar-refractivity contribution in [3.63, 3.8) is 0 Å². The fourth-order valence-electron chi connectivity index (χ4n) is 2.06. The van der Waals surface area contributed by atoms with Gasteiger partial charge in [0.25, 0.3) is 0 Å². The van der Waals surface area contributed by atoms with Gasteiger partial charge in [0.15, 0.2) is 0 Å². The van der Waals surface area contributed by atoms with Gasteiger partial charge >= 0.3 is 5.97 Å². The van der Waals surface area contributed by atoms with Crippen LogP contribution in [-0.4, -0.2) is 36.6 Å². The predicted octanol–water partition coefficient (Wildman–Crippen LogP) is 0.355. The van der Waals surface area contributed by atoms with Crippen molar-refractivity contribution in [2.75, 3.05) is 13.6 Å². The molecule has 0 aliphatic heterocycles. The van der Waals surface area contributed by atoms with E-state index in [1.165, 1.54) is 0 Å². The second kappa shape index (κ2) is 6.48. The molecule has 1 saturated carbocycles. The van der Waals surface area contributed by atoms with Crippen LogP contribution < -0.4 is 10.6 Å². The topological polar surface area (TPSA) is 78.4 Å². The Balaban J connectivity index is 2.13. The van der Waals surface area contributed by atoms with Crippen LogP contribution in [0, 0.1) is 5.92 Å². The fraction of sp³-hybridized carbons (Fsp3) is 0.818. The van der Waals surface area contributed by atoms with Crippen molar-refractivity contribution >= 4 is 11.9 Å². The molecular weight excluding hydrogens is 208 g/mol. The molecule has 0 aromatic rings. The van der Waals surface area contributed by atoms with E-state index in [4.69, 9.17) is 5.11 Å². The number of hydrogen-bond acceptors (Lipinski definition) is 3. The summed E-state index contributed by atoms with van der Waals surface area (Å²) in [4.78, 5) is 21.7. The average molecular weight is 228 g/mol.